The van der Waals surface area contributed by atoms with Crippen LogP contribution in [0.3, 0.4) is 0 Å². The van der Waals surface area contributed by atoms with E-state index in [4.69, 9.17) is 0 Å². The number of ether oxygens (including phenoxy) is 2. The molecule has 0 heterocycles. The van der Waals surface area contributed by atoms with Crippen LogP contribution in [0.15, 0.2) is 24.3 Å². The molecule has 1 unspecified atom stereocenters. The number of alkyl halides is 3. The number of carbonyl (C=O) groups excluding carboxylic acids is 1. The molecule has 1 aromatic carbocycles. The number of carbonyl (C=O) groups is 1. The molecule has 0 saturated carbocycles. The quantitative estimate of drug-likeness (QED) is 0.821. The van der Waals surface area contributed by atoms with Gasteiger partial charge in [-0.25, -0.2) is 4.79 Å². The largest absolute Gasteiger partial charge is 0.573 e. The van der Waals surface area contributed by atoms with Crippen molar-refractivity contribution in [1.29, 1.82) is 0 Å². The number of hydrogen-bond donors (Lipinski definition) is 1. The first-order valence-electron chi connectivity index (χ1n) is 6.40. The Morgan fingerprint density at radius 3 is 2.43 bits per heavy atom. The summed E-state index contributed by atoms with van der Waals surface area (Å²) >= 11 is 0. The predicted octanol–water partition coefficient (Wildman–Crippen LogP) is 3.04. The zero-order chi connectivity index (χ0) is 16.0. The molecule has 0 aliphatic carbocycles. The summed E-state index contributed by atoms with van der Waals surface area (Å²) in [6.07, 6.45) is -4.82. The van der Waals surface area contributed by atoms with Gasteiger partial charge in [-0.15, -0.1) is 13.2 Å². The van der Waals surface area contributed by atoms with Gasteiger partial charge in [0.15, 0.2) is 0 Å². The maximum absolute atomic E-state index is 12.4. The molecule has 1 rings (SSSR count). The summed E-state index contributed by atoms with van der Waals surface area (Å²) in [4.78, 5) is 11.8. The predicted molar refractivity (Wildman–Crippen MR) is 70.7 cm³/mol. The Hall–Kier alpha value is -1.76. The van der Waals surface area contributed by atoms with Crippen LogP contribution in [-0.4, -0.2) is 26.0 Å². The fourth-order valence-electron chi connectivity index (χ4n) is 1.73. The zero-order valence-corrected chi connectivity index (χ0v) is 12.0. The van der Waals surface area contributed by atoms with Gasteiger partial charge in [-0.3, -0.25) is 0 Å². The summed E-state index contributed by atoms with van der Waals surface area (Å²) in [5.74, 6) is -0.876. The first kappa shape index (κ1) is 17.3. The fourth-order valence-corrected chi connectivity index (χ4v) is 1.73. The van der Waals surface area contributed by atoms with E-state index in [1.807, 2.05) is 13.8 Å². The minimum atomic E-state index is -4.82. The number of para-hydroxylation sites is 1. The van der Waals surface area contributed by atoms with Crippen LogP contribution in [0.25, 0.3) is 0 Å². The van der Waals surface area contributed by atoms with Crippen LogP contribution in [0.5, 0.6) is 5.75 Å². The Balaban J connectivity index is 3.09. The summed E-state index contributed by atoms with van der Waals surface area (Å²) in [5, 5.41) is 2.89. The highest BCUT2D eigenvalue weighted by Gasteiger charge is 2.34. The number of nitrogens with one attached hydrogen (secondary N) is 1. The average molecular weight is 305 g/mol. The highest BCUT2D eigenvalue weighted by molar-refractivity contribution is 5.78. The van der Waals surface area contributed by atoms with E-state index >= 15 is 0 Å². The Morgan fingerprint density at radius 2 is 1.90 bits per heavy atom. The maximum atomic E-state index is 12.4. The summed E-state index contributed by atoms with van der Waals surface area (Å²) in [6.45, 7) is 4.28. The monoisotopic (exact) mass is 305 g/mol. The van der Waals surface area contributed by atoms with Gasteiger partial charge in [0.2, 0.25) is 0 Å². The second kappa shape index (κ2) is 7.31. The molecule has 7 heteroatoms. The lowest BCUT2D eigenvalue weighted by atomic mass is 10.0. The lowest BCUT2D eigenvalue weighted by Crippen LogP contribution is -2.33. The van der Waals surface area contributed by atoms with Gasteiger partial charge in [0.1, 0.15) is 11.8 Å². The average Bonchev–Trinajstić information content (AvgIpc) is 2.38. The summed E-state index contributed by atoms with van der Waals surface area (Å²) < 4.78 is 45.9. The highest BCUT2D eigenvalue weighted by Crippen LogP contribution is 2.30. The molecule has 0 aliphatic rings. The van der Waals surface area contributed by atoms with E-state index < -0.39 is 24.1 Å². The van der Waals surface area contributed by atoms with Crippen molar-refractivity contribution < 1.29 is 27.4 Å². The van der Waals surface area contributed by atoms with E-state index in [0.717, 1.165) is 6.07 Å². The van der Waals surface area contributed by atoms with Gasteiger partial charge in [-0.2, -0.15) is 0 Å². The SMILES string of the molecule is COC(=O)C(NCC(C)C)c1ccccc1OC(F)(F)F. The molecule has 0 spiro atoms. The maximum Gasteiger partial charge on any atom is 0.573 e. The fraction of sp³-hybridized carbons (Fsp3) is 0.500. The van der Waals surface area contributed by atoms with E-state index in [1.165, 1.54) is 25.3 Å². The number of methoxy groups -OCH3 is 1. The molecule has 1 aromatic rings. The van der Waals surface area contributed by atoms with Gasteiger partial charge in [0, 0.05) is 5.56 Å². The van der Waals surface area contributed by atoms with Crippen molar-refractivity contribution in [1.82, 2.24) is 5.32 Å². The third kappa shape index (κ3) is 5.63. The van der Waals surface area contributed by atoms with Gasteiger partial charge < -0.3 is 14.8 Å². The van der Waals surface area contributed by atoms with Gasteiger partial charge in [0.25, 0.3) is 0 Å². The molecule has 0 saturated heterocycles. The molecule has 118 valence electrons. The second-order valence-corrected chi connectivity index (χ2v) is 4.84. The standard InChI is InChI=1S/C14H18F3NO3/c1-9(2)8-18-12(13(19)20-3)10-6-4-5-7-11(10)21-14(15,16)17/h4-7,9,12,18H,8H2,1-3H3. The Morgan fingerprint density at radius 1 is 1.29 bits per heavy atom. The highest BCUT2D eigenvalue weighted by atomic mass is 19.4. The topological polar surface area (TPSA) is 47.6 Å². The van der Waals surface area contributed by atoms with Crippen LogP contribution in [0.2, 0.25) is 0 Å². The minimum Gasteiger partial charge on any atom is -0.468 e. The smallest absolute Gasteiger partial charge is 0.468 e. The van der Waals surface area contributed by atoms with Crippen molar-refractivity contribution in [3.63, 3.8) is 0 Å². The van der Waals surface area contributed by atoms with Crippen LogP contribution in [-0.2, 0) is 9.53 Å². The first-order valence-corrected chi connectivity index (χ1v) is 6.40. The number of halogens is 3. The van der Waals surface area contributed by atoms with Crippen molar-refractivity contribution in [2.45, 2.75) is 26.3 Å². The number of benzene rings is 1. The summed E-state index contributed by atoms with van der Waals surface area (Å²) in [7, 11) is 1.18. The molecular formula is C14H18F3NO3. The molecule has 1 atom stereocenters. The Kier molecular flexibility index (Phi) is 6.02. The molecule has 4 nitrogen and oxygen atoms in total. The second-order valence-electron chi connectivity index (χ2n) is 4.84. The van der Waals surface area contributed by atoms with Gasteiger partial charge in [-0.05, 0) is 18.5 Å². The first-order chi connectivity index (χ1) is 9.74. The third-order valence-corrected chi connectivity index (χ3v) is 2.62. The van der Waals surface area contributed by atoms with Crippen molar-refractivity contribution in [2.24, 2.45) is 5.92 Å². The molecule has 21 heavy (non-hydrogen) atoms. The molecule has 0 bridgehead atoms. The van der Waals surface area contributed by atoms with E-state index in [-0.39, 0.29) is 11.5 Å². The molecular weight excluding hydrogens is 287 g/mol. The number of rotatable bonds is 6. The van der Waals surface area contributed by atoms with Crippen LogP contribution >= 0.6 is 0 Å². The summed E-state index contributed by atoms with van der Waals surface area (Å²) in [6, 6.07) is 4.48. The van der Waals surface area contributed by atoms with Crippen molar-refractivity contribution in [3.05, 3.63) is 29.8 Å². The lowest BCUT2D eigenvalue weighted by molar-refractivity contribution is -0.275. The molecule has 0 radical (unpaired) electrons. The van der Waals surface area contributed by atoms with E-state index in [0.29, 0.717) is 6.54 Å². The van der Waals surface area contributed by atoms with Crippen LogP contribution in [0.4, 0.5) is 13.2 Å². The molecule has 0 amide bonds. The summed E-state index contributed by atoms with van der Waals surface area (Å²) in [5.41, 5.74) is 0.0855. The van der Waals surface area contributed by atoms with Crippen LogP contribution < -0.4 is 10.1 Å². The van der Waals surface area contributed by atoms with Crippen molar-refractivity contribution in [2.75, 3.05) is 13.7 Å². The Bertz CT molecular complexity index is 475. The van der Waals surface area contributed by atoms with E-state index in [1.54, 1.807) is 0 Å². The van der Waals surface area contributed by atoms with E-state index in [2.05, 4.69) is 14.8 Å². The van der Waals surface area contributed by atoms with Crippen molar-refractivity contribution in [3.8, 4) is 5.75 Å². The van der Waals surface area contributed by atoms with Crippen molar-refractivity contribution >= 4 is 5.97 Å². The minimum absolute atomic E-state index is 0.0855. The normalized spacial score (nSPS) is 13.1. The number of hydrogen-bond acceptors (Lipinski definition) is 4. The third-order valence-electron chi connectivity index (χ3n) is 2.62. The molecule has 0 aromatic heterocycles. The van der Waals surface area contributed by atoms with E-state index in [9.17, 15) is 18.0 Å². The zero-order valence-electron chi connectivity index (χ0n) is 12.0. The van der Waals surface area contributed by atoms with Gasteiger partial charge in [0.05, 0.1) is 7.11 Å². The van der Waals surface area contributed by atoms with Gasteiger partial charge in [-0.1, -0.05) is 32.0 Å². The lowest BCUT2D eigenvalue weighted by Gasteiger charge is -2.21. The van der Waals surface area contributed by atoms with Crippen LogP contribution in [0.1, 0.15) is 25.5 Å². The van der Waals surface area contributed by atoms with Crippen LogP contribution in [0, 0.1) is 5.92 Å². The molecule has 1 N–H and O–H groups in total. The van der Waals surface area contributed by atoms with Gasteiger partial charge >= 0.3 is 12.3 Å². The Labute approximate surface area is 121 Å². The molecule has 0 fully saturated rings. The number of esters is 1. The molecule has 0 aliphatic heterocycles.